The highest BCUT2D eigenvalue weighted by Crippen LogP contribution is 2.35. The van der Waals surface area contributed by atoms with Gasteiger partial charge in [-0.05, 0) is 75.8 Å². The number of rotatable bonds is 9. The van der Waals surface area contributed by atoms with Gasteiger partial charge in [0.1, 0.15) is 0 Å². The molecular formula is C17H29N3. The van der Waals surface area contributed by atoms with E-state index < -0.39 is 0 Å². The van der Waals surface area contributed by atoms with E-state index in [2.05, 4.69) is 29.2 Å². The van der Waals surface area contributed by atoms with Gasteiger partial charge in [-0.1, -0.05) is 24.3 Å². The van der Waals surface area contributed by atoms with Gasteiger partial charge in [0.2, 0.25) is 0 Å². The van der Waals surface area contributed by atoms with Crippen LogP contribution < -0.4 is 11.5 Å². The van der Waals surface area contributed by atoms with Gasteiger partial charge in [0.25, 0.3) is 0 Å². The Balaban J connectivity index is 1.98. The molecule has 3 heteroatoms. The Morgan fingerprint density at radius 3 is 2.25 bits per heavy atom. The van der Waals surface area contributed by atoms with Crippen molar-refractivity contribution < 1.29 is 0 Å². The summed E-state index contributed by atoms with van der Waals surface area (Å²) in [5, 5.41) is 0. The zero-order chi connectivity index (χ0) is 14.2. The molecule has 0 unspecified atom stereocenters. The van der Waals surface area contributed by atoms with Gasteiger partial charge in [-0.3, -0.25) is 4.90 Å². The fraction of sp³-hybridized carbons (Fsp3) is 0.647. The summed E-state index contributed by atoms with van der Waals surface area (Å²) < 4.78 is 0. The van der Waals surface area contributed by atoms with Gasteiger partial charge in [-0.25, -0.2) is 0 Å². The summed E-state index contributed by atoms with van der Waals surface area (Å²) in [5.41, 5.74) is 14.4. The van der Waals surface area contributed by atoms with Crippen LogP contribution in [-0.4, -0.2) is 31.1 Å². The fourth-order valence-corrected chi connectivity index (χ4v) is 3.26. The zero-order valence-corrected chi connectivity index (χ0v) is 12.6. The third-order valence-corrected chi connectivity index (χ3v) is 4.34. The van der Waals surface area contributed by atoms with E-state index in [1.807, 2.05) is 0 Å². The minimum Gasteiger partial charge on any atom is -0.330 e. The third kappa shape index (κ3) is 4.05. The normalized spacial score (nSPS) is 17.6. The Labute approximate surface area is 123 Å². The van der Waals surface area contributed by atoms with Crippen molar-refractivity contribution in [2.24, 2.45) is 11.5 Å². The summed E-state index contributed by atoms with van der Waals surface area (Å²) >= 11 is 0. The third-order valence-electron chi connectivity index (χ3n) is 4.34. The molecule has 0 bridgehead atoms. The van der Waals surface area contributed by atoms with Gasteiger partial charge in [-0.2, -0.15) is 0 Å². The van der Waals surface area contributed by atoms with Crippen molar-refractivity contribution in [2.45, 2.75) is 44.6 Å². The highest BCUT2D eigenvalue weighted by atomic mass is 15.2. The molecule has 2 rings (SSSR count). The van der Waals surface area contributed by atoms with Gasteiger partial charge < -0.3 is 11.5 Å². The molecule has 0 aromatic heterocycles. The van der Waals surface area contributed by atoms with Crippen molar-refractivity contribution in [3.63, 3.8) is 0 Å². The average molecular weight is 275 g/mol. The zero-order valence-electron chi connectivity index (χ0n) is 12.6. The molecule has 0 fully saturated rings. The molecule has 0 aliphatic heterocycles. The van der Waals surface area contributed by atoms with Crippen LogP contribution in [0.25, 0.3) is 0 Å². The number of unbranched alkanes of at least 4 members (excludes halogenated alkanes) is 2. The first-order chi connectivity index (χ1) is 9.86. The van der Waals surface area contributed by atoms with Crippen molar-refractivity contribution in [1.82, 2.24) is 4.90 Å². The lowest BCUT2D eigenvalue weighted by molar-refractivity contribution is 0.190. The van der Waals surface area contributed by atoms with Gasteiger partial charge >= 0.3 is 0 Å². The van der Waals surface area contributed by atoms with Crippen molar-refractivity contribution in [3.8, 4) is 0 Å². The summed E-state index contributed by atoms with van der Waals surface area (Å²) in [6, 6.07) is 9.55. The van der Waals surface area contributed by atoms with Crippen LogP contribution >= 0.6 is 0 Å². The number of hydrogen-bond acceptors (Lipinski definition) is 3. The standard InChI is InChI=1S/C17H29N3/c18-11-3-5-13-20(14-6-4-12-19)17-10-9-15-7-1-2-8-16(15)17/h1-2,7-8,17H,3-6,9-14,18-19H2/t17-/m0/s1. The van der Waals surface area contributed by atoms with E-state index in [9.17, 15) is 0 Å². The molecule has 1 aromatic carbocycles. The number of fused-ring (bicyclic) bond motifs is 1. The maximum atomic E-state index is 5.63. The first kappa shape index (κ1) is 15.5. The molecule has 0 saturated heterocycles. The predicted octanol–water partition coefficient (Wildman–Crippen LogP) is 2.45. The lowest BCUT2D eigenvalue weighted by Crippen LogP contribution is -2.30. The number of hydrogen-bond donors (Lipinski definition) is 2. The van der Waals surface area contributed by atoms with Crippen molar-refractivity contribution in [1.29, 1.82) is 0 Å². The van der Waals surface area contributed by atoms with Crippen molar-refractivity contribution >= 4 is 0 Å². The molecule has 1 aliphatic carbocycles. The minimum atomic E-state index is 0.613. The molecule has 1 aromatic rings. The highest BCUT2D eigenvalue weighted by molar-refractivity contribution is 5.34. The first-order valence-electron chi connectivity index (χ1n) is 8.08. The SMILES string of the molecule is NCCCCN(CCCCN)[C@H]1CCc2ccccc21. The van der Waals surface area contributed by atoms with Crippen LogP contribution in [0.5, 0.6) is 0 Å². The molecule has 112 valence electrons. The maximum absolute atomic E-state index is 5.63. The van der Waals surface area contributed by atoms with E-state index in [0.717, 1.165) is 25.9 Å². The fourth-order valence-electron chi connectivity index (χ4n) is 3.26. The van der Waals surface area contributed by atoms with E-state index in [-0.39, 0.29) is 0 Å². The second-order valence-electron chi connectivity index (χ2n) is 5.78. The van der Waals surface area contributed by atoms with Crippen LogP contribution in [0.1, 0.15) is 49.3 Å². The summed E-state index contributed by atoms with van der Waals surface area (Å²) in [4.78, 5) is 2.66. The van der Waals surface area contributed by atoms with Crippen LogP contribution in [0.2, 0.25) is 0 Å². The maximum Gasteiger partial charge on any atom is 0.0354 e. The smallest absolute Gasteiger partial charge is 0.0354 e. The molecule has 0 saturated carbocycles. The molecule has 20 heavy (non-hydrogen) atoms. The number of aryl methyl sites for hydroxylation is 1. The molecule has 0 amide bonds. The molecule has 3 nitrogen and oxygen atoms in total. The van der Waals surface area contributed by atoms with Crippen LogP contribution in [-0.2, 0) is 6.42 Å². The lowest BCUT2D eigenvalue weighted by Gasteiger charge is -2.29. The summed E-state index contributed by atoms with van der Waals surface area (Å²) in [7, 11) is 0. The monoisotopic (exact) mass is 275 g/mol. The number of nitrogens with zero attached hydrogens (tertiary/aromatic N) is 1. The molecule has 1 atom stereocenters. The molecular weight excluding hydrogens is 246 g/mol. The molecule has 0 radical (unpaired) electrons. The Morgan fingerprint density at radius 1 is 0.950 bits per heavy atom. The highest BCUT2D eigenvalue weighted by Gasteiger charge is 2.26. The summed E-state index contributed by atoms with van der Waals surface area (Å²) in [6.07, 6.45) is 7.16. The van der Waals surface area contributed by atoms with E-state index in [0.29, 0.717) is 6.04 Å². The van der Waals surface area contributed by atoms with E-state index >= 15 is 0 Å². The Hall–Kier alpha value is -0.900. The average Bonchev–Trinajstić information content (AvgIpc) is 2.90. The lowest BCUT2D eigenvalue weighted by atomic mass is 10.1. The molecule has 1 aliphatic rings. The van der Waals surface area contributed by atoms with Crippen LogP contribution in [0.4, 0.5) is 0 Å². The molecule has 0 spiro atoms. The van der Waals surface area contributed by atoms with Gasteiger partial charge in [-0.15, -0.1) is 0 Å². The van der Waals surface area contributed by atoms with Gasteiger partial charge in [0.15, 0.2) is 0 Å². The van der Waals surface area contributed by atoms with E-state index in [1.54, 1.807) is 11.1 Å². The van der Waals surface area contributed by atoms with Gasteiger partial charge in [0, 0.05) is 6.04 Å². The summed E-state index contributed by atoms with van der Waals surface area (Å²) in [6.45, 7) is 3.94. The van der Waals surface area contributed by atoms with E-state index in [4.69, 9.17) is 11.5 Å². The summed E-state index contributed by atoms with van der Waals surface area (Å²) in [5.74, 6) is 0. The second-order valence-corrected chi connectivity index (χ2v) is 5.78. The van der Waals surface area contributed by atoms with Crippen LogP contribution in [0.3, 0.4) is 0 Å². The second kappa shape index (κ2) is 8.40. The number of nitrogens with two attached hydrogens (primary N) is 2. The molecule has 4 N–H and O–H groups in total. The molecule has 0 heterocycles. The Kier molecular flexibility index (Phi) is 6.51. The number of benzene rings is 1. The van der Waals surface area contributed by atoms with Gasteiger partial charge in [0.05, 0.1) is 0 Å². The van der Waals surface area contributed by atoms with Crippen molar-refractivity contribution in [3.05, 3.63) is 35.4 Å². The van der Waals surface area contributed by atoms with E-state index in [1.165, 1.54) is 38.8 Å². The largest absolute Gasteiger partial charge is 0.330 e. The Morgan fingerprint density at radius 2 is 1.60 bits per heavy atom. The predicted molar refractivity (Wildman–Crippen MR) is 85.7 cm³/mol. The Bertz CT molecular complexity index is 382. The minimum absolute atomic E-state index is 0.613. The van der Waals surface area contributed by atoms with Crippen LogP contribution in [0.15, 0.2) is 24.3 Å². The van der Waals surface area contributed by atoms with Crippen molar-refractivity contribution in [2.75, 3.05) is 26.2 Å². The first-order valence-corrected chi connectivity index (χ1v) is 8.08. The topological polar surface area (TPSA) is 55.3 Å². The van der Waals surface area contributed by atoms with Crippen LogP contribution in [0, 0.1) is 0 Å². The quantitative estimate of drug-likeness (QED) is 0.681.